The van der Waals surface area contributed by atoms with Crippen LogP contribution in [0.4, 0.5) is 0 Å². The molecule has 1 aliphatic heterocycles. The molecule has 142 valence electrons. The quantitative estimate of drug-likeness (QED) is 0.610. The molecule has 3 aliphatic rings. The molecule has 0 saturated carbocycles. The molecule has 2 aromatic rings. The molecule has 4 heteroatoms. The number of hydrogen-bond donors (Lipinski definition) is 0. The molecular weight excluding hydrogens is 353 g/mol. The molecule has 0 aromatic heterocycles. The Morgan fingerprint density at radius 3 is 1.85 bits per heavy atom. The van der Waals surface area contributed by atoms with E-state index < -0.39 is 8.53 Å². The highest BCUT2D eigenvalue weighted by atomic mass is 31.2. The van der Waals surface area contributed by atoms with Crippen LogP contribution in [0, 0.1) is 0 Å². The van der Waals surface area contributed by atoms with Gasteiger partial charge in [-0.3, -0.25) is 0 Å². The second-order valence-electron chi connectivity index (χ2n) is 7.93. The molecule has 0 amide bonds. The number of rotatable bonds is 3. The fourth-order valence-corrected chi connectivity index (χ4v) is 6.85. The highest BCUT2D eigenvalue weighted by Gasteiger charge is 2.47. The van der Waals surface area contributed by atoms with E-state index in [1.54, 1.807) is 0 Å². The van der Waals surface area contributed by atoms with Gasteiger partial charge in [-0.1, -0.05) is 38.1 Å². The summed E-state index contributed by atoms with van der Waals surface area (Å²) in [4.78, 5) is 0. The van der Waals surface area contributed by atoms with Crippen LogP contribution in [0.3, 0.4) is 0 Å². The van der Waals surface area contributed by atoms with E-state index in [9.17, 15) is 0 Å². The average molecular weight is 381 g/mol. The minimum absolute atomic E-state index is 0.0685. The third-order valence-corrected chi connectivity index (χ3v) is 8.33. The molecule has 0 atom stereocenters. The van der Waals surface area contributed by atoms with Crippen molar-refractivity contribution in [2.24, 2.45) is 0 Å². The second-order valence-corrected chi connectivity index (χ2v) is 9.34. The first-order valence-electron chi connectivity index (χ1n) is 10.4. The van der Waals surface area contributed by atoms with Gasteiger partial charge in [0.2, 0.25) is 0 Å². The van der Waals surface area contributed by atoms with Gasteiger partial charge < -0.3 is 9.05 Å². The fourth-order valence-electron chi connectivity index (χ4n) is 5.48. The van der Waals surface area contributed by atoms with Crippen molar-refractivity contribution in [3.63, 3.8) is 0 Å². The van der Waals surface area contributed by atoms with Crippen LogP contribution < -0.4 is 9.05 Å². The number of aryl methyl sites for hydroxylation is 2. The maximum atomic E-state index is 6.64. The molecule has 0 saturated heterocycles. The third-order valence-electron chi connectivity index (χ3n) is 6.60. The molecular formula is C23H28NO2P. The van der Waals surface area contributed by atoms with Crippen molar-refractivity contribution in [2.45, 2.75) is 57.8 Å². The zero-order valence-corrected chi connectivity index (χ0v) is 17.2. The van der Waals surface area contributed by atoms with Crippen LogP contribution in [-0.2, 0) is 18.3 Å². The van der Waals surface area contributed by atoms with Crippen molar-refractivity contribution in [3.8, 4) is 11.5 Å². The highest BCUT2D eigenvalue weighted by Crippen LogP contribution is 2.60. The summed E-state index contributed by atoms with van der Waals surface area (Å²) in [5.74, 6) is 2.13. The minimum atomic E-state index is -1.15. The molecule has 0 N–H and O–H groups in total. The Labute approximate surface area is 163 Å². The number of nitrogens with zero attached hydrogens (tertiary/aromatic N) is 1. The topological polar surface area (TPSA) is 21.7 Å². The predicted octanol–water partition coefficient (Wildman–Crippen LogP) is 5.99. The molecule has 0 radical (unpaired) electrons. The maximum Gasteiger partial charge on any atom is 0.384 e. The SMILES string of the molecule is CCN(CC)P1Oc2cccc3c2C2(CCC3)CCCc3cccc(c32)O1. The molecule has 3 nitrogen and oxygen atoms in total. The van der Waals surface area contributed by atoms with E-state index in [1.165, 1.54) is 47.9 Å². The second kappa shape index (κ2) is 6.79. The smallest absolute Gasteiger partial charge is 0.384 e. The van der Waals surface area contributed by atoms with Crippen molar-refractivity contribution < 1.29 is 9.05 Å². The van der Waals surface area contributed by atoms with Gasteiger partial charge in [0, 0.05) is 29.6 Å². The monoisotopic (exact) mass is 381 g/mol. The van der Waals surface area contributed by atoms with Crippen molar-refractivity contribution >= 4 is 8.53 Å². The van der Waals surface area contributed by atoms with Gasteiger partial charge in [-0.15, -0.1) is 0 Å². The molecule has 0 unspecified atom stereocenters. The number of hydrogen-bond acceptors (Lipinski definition) is 3. The lowest BCUT2D eigenvalue weighted by Crippen LogP contribution is -2.38. The Kier molecular flexibility index (Phi) is 4.41. The van der Waals surface area contributed by atoms with E-state index in [0.29, 0.717) is 0 Å². The lowest BCUT2D eigenvalue weighted by Gasteiger charge is -2.47. The zero-order chi connectivity index (χ0) is 18.4. The Bertz CT molecular complexity index is 796. The Balaban J connectivity index is 1.78. The first kappa shape index (κ1) is 17.5. The van der Waals surface area contributed by atoms with Crippen LogP contribution in [0.2, 0.25) is 0 Å². The predicted molar refractivity (Wildman–Crippen MR) is 111 cm³/mol. The summed E-state index contributed by atoms with van der Waals surface area (Å²) in [5.41, 5.74) is 5.97. The normalized spacial score (nSPS) is 20.0. The van der Waals surface area contributed by atoms with Gasteiger partial charge in [0.1, 0.15) is 11.5 Å². The fraction of sp³-hybridized carbons (Fsp3) is 0.478. The van der Waals surface area contributed by atoms with Gasteiger partial charge in [-0.25, -0.2) is 4.67 Å². The zero-order valence-electron chi connectivity index (χ0n) is 16.3. The summed E-state index contributed by atoms with van der Waals surface area (Å²) >= 11 is 0. The third kappa shape index (κ3) is 2.62. The van der Waals surface area contributed by atoms with Crippen LogP contribution >= 0.6 is 8.53 Å². The van der Waals surface area contributed by atoms with Gasteiger partial charge in [0.15, 0.2) is 0 Å². The largest absolute Gasteiger partial charge is 0.427 e. The molecule has 2 aliphatic carbocycles. The van der Waals surface area contributed by atoms with Crippen molar-refractivity contribution in [1.29, 1.82) is 0 Å². The van der Waals surface area contributed by atoms with Crippen LogP contribution in [0.25, 0.3) is 0 Å². The number of benzene rings is 2. The minimum Gasteiger partial charge on any atom is -0.427 e. The van der Waals surface area contributed by atoms with Gasteiger partial charge in [-0.05, 0) is 61.8 Å². The van der Waals surface area contributed by atoms with Crippen LogP contribution in [0.1, 0.15) is 61.8 Å². The molecule has 1 heterocycles. The summed E-state index contributed by atoms with van der Waals surface area (Å²) in [7, 11) is -1.15. The molecule has 0 fully saturated rings. The van der Waals surface area contributed by atoms with E-state index in [1.807, 2.05) is 0 Å². The first-order valence-corrected chi connectivity index (χ1v) is 11.6. The van der Waals surface area contributed by atoms with E-state index in [2.05, 4.69) is 54.9 Å². The standard InChI is InChI=1S/C23H28NO2P/c1-3-24(4-2)27-25-19-13-5-9-17-11-7-15-23(21(17)19)16-8-12-18-10-6-14-20(26-27)22(18)23/h5-6,9-10,13-14H,3-4,7-8,11-12,15-16H2,1-2H3. The summed E-state index contributed by atoms with van der Waals surface area (Å²) in [6.45, 7) is 6.22. The van der Waals surface area contributed by atoms with E-state index >= 15 is 0 Å². The first-order chi connectivity index (χ1) is 13.3. The maximum absolute atomic E-state index is 6.64. The average Bonchev–Trinajstić information content (AvgIpc) is 2.68. The van der Waals surface area contributed by atoms with Gasteiger partial charge in [-0.2, -0.15) is 0 Å². The van der Waals surface area contributed by atoms with Crippen LogP contribution in [0.5, 0.6) is 11.5 Å². The van der Waals surface area contributed by atoms with Gasteiger partial charge in [0.05, 0.1) is 0 Å². The molecule has 0 bridgehead atoms. The van der Waals surface area contributed by atoms with Crippen molar-refractivity contribution in [2.75, 3.05) is 13.1 Å². The highest BCUT2D eigenvalue weighted by molar-refractivity contribution is 7.45. The Hall–Kier alpha value is -1.57. The Morgan fingerprint density at radius 2 is 1.37 bits per heavy atom. The van der Waals surface area contributed by atoms with E-state index in [-0.39, 0.29) is 5.41 Å². The van der Waals surface area contributed by atoms with E-state index in [0.717, 1.165) is 37.4 Å². The molecule has 27 heavy (non-hydrogen) atoms. The van der Waals surface area contributed by atoms with Crippen molar-refractivity contribution in [1.82, 2.24) is 4.67 Å². The lowest BCUT2D eigenvalue weighted by atomic mass is 9.59. The summed E-state index contributed by atoms with van der Waals surface area (Å²) in [5, 5.41) is 0. The van der Waals surface area contributed by atoms with Crippen LogP contribution in [0.15, 0.2) is 36.4 Å². The van der Waals surface area contributed by atoms with Gasteiger partial charge >= 0.3 is 8.53 Å². The molecule has 1 spiro atoms. The summed E-state index contributed by atoms with van der Waals surface area (Å²) < 4.78 is 15.6. The van der Waals surface area contributed by atoms with Crippen LogP contribution in [-0.4, -0.2) is 17.8 Å². The lowest BCUT2D eigenvalue weighted by molar-refractivity contribution is 0.316. The molecule has 2 aromatic carbocycles. The van der Waals surface area contributed by atoms with Crippen molar-refractivity contribution in [3.05, 3.63) is 58.7 Å². The summed E-state index contributed by atoms with van der Waals surface area (Å²) in [6, 6.07) is 13.3. The van der Waals surface area contributed by atoms with Gasteiger partial charge in [0.25, 0.3) is 0 Å². The summed E-state index contributed by atoms with van der Waals surface area (Å²) in [6.07, 6.45) is 7.23. The molecule has 5 rings (SSSR count). The van der Waals surface area contributed by atoms with E-state index in [4.69, 9.17) is 9.05 Å². The Morgan fingerprint density at radius 1 is 0.852 bits per heavy atom.